The van der Waals surface area contributed by atoms with E-state index in [1.54, 1.807) is 0 Å². The van der Waals surface area contributed by atoms with Gasteiger partial charge in [0.15, 0.2) is 0 Å². The molecular formula is C14H15BrO3. The first kappa shape index (κ1) is 13.3. The molecule has 0 N–H and O–H groups in total. The van der Waals surface area contributed by atoms with Crippen molar-refractivity contribution in [2.45, 2.75) is 30.7 Å². The van der Waals surface area contributed by atoms with Crippen LogP contribution in [0.4, 0.5) is 0 Å². The van der Waals surface area contributed by atoms with Crippen molar-refractivity contribution in [1.82, 2.24) is 0 Å². The molecule has 0 saturated heterocycles. The van der Waals surface area contributed by atoms with E-state index in [0.717, 1.165) is 12.0 Å². The first-order valence-electron chi connectivity index (χ1n) is 6.04. The van der Waals surface area contributed by atoms with Crippen molar-refractivity contribution in [2.24, 2.45) is 5.92 Å². The molecule has 2 rings (SSSR count). The smallest absolute Gasteiger partial charge is 0.309 e. The minimum atomic E-state index is -0.269. The van der Waals surface area contributed by atoms with Gasteiger partial charge in [-0.25, -0.2) is 0 Å². The Balaban J connectivity index is 1.83. The van der Waals surface area contributed by atoms with Crippen LogP contribution in [-0.4, -0.2) is 16.6 Å². The van der Waals surface area contributed by atoms with Crippen LogP contribution in [0.5, 0.6) is 0 Å². The number of hydrogen-bond acceptors (Lipinski definition) is 3. The summed E-state index contributed by atoms with van der Waals surface area (Å²) in [5, 5.41) is 0. The number of ether oxygens (including phenoxy) is 1. The SMILES string of the molecule is O=C1CC(C(=O)OCc2ccccc2)CCC1Br. The average molecular weight is 311 g/mol. The number of carbonyl (C=O) groups is 2. The van der Waals surface area contributed by atoms with E-state index in [9.17, 15) is 9.59 Å². The third-order valence-corrected chi connectivity index (χ3v) is 4.09. The second kappa shape index (κ2) is 6.14. The van der Waals surface area contributed by atoms with Crippen molar-refractivity contribution in [3.63, 3.8) is 0 Å². The van der Waals surface area contributed by atoms with Gasteiger partial charge in [-0.3, -0.25) is 9.59 Å². The summed E-state index contributed by atoms with van der Waals surface area (Å²) in [4.78, 5) is 23.3. The number of halogens is 1. The Kier molecular flexibility index (Phi) is 4.53. The number of hydrogen-bond donors (Lipinski definition) is 0. The largest absolute Gasteiger partial charge is 0.461 e. The Morgan fingerprint density at radius 3 is 2.67 bits per heavy atom. The predicted octanol–water partition coefficient (Wildman–Crippen LogP) is 2.86. The standard InChI is InChI=1S/C14H15BrO3/c15-12-7-6-11(8-13(12)16)14(17)18-9-10-4-2-1-3-5-10/h1-5,11-12H,6-9H2. The molecule has 18 heavy (non-hydrogen) atoms. The van der Waals surface area contributed by atoms with Gasteiger partial charge in [-0.15, -0.1) is 0 Å². The third-order valence-electron chi connectivity index (χ3n) is 3.12. The zero-order valence-electron chi connectivity index (χ0n) is 9.97. The number of alkyl halides is 1. The number of Topliss-reactive ketones (excluding diaryl/α,β-unsaturated/α-hetero) is 1. The van der Waals surface area contributed by atoms with Crippen molar-refractivity contribution >= 4 is 27.7 Å². The fourth-order valence-corrected chi connectivity index (χ4v) is 2.48. The van der Waals surface area contributed by atoms with E-state index in [2.05, 4.69) is 15.9 Å². The van der Waals surface area contributed by atoms with Gasteiger partial charge in [-0.05, 0) is 18.4 Å². The van der Waals surface area contributed by atoms with Crippen LogP contribution >= 0.6 is 15.9 Å². The van der Waals surface area contributed by atoms with Gasteiger partial charge in [0.05, 0.1) is 10.7 Å². The Morgan fingerprint density at radius 2 is 2.00 bits per heavy atom. The molecule has 4 heteroatoms. The summed E-state index contributed by atoms with van der Waals surface area (Å²) in [5.74, 6) is -0.426. The van der Waals surface area contributed by atoms with Crippen molar-refractivity contribution in [3.05, 3.63) is 35.9 Å². The molecule has 0 heterocycles. The van der Waals surface area contributed by atoms with Crippen molar-refractivity contribution in [1.29, 1.82) is 0 Å². The molecule has 0 aliphatic heterocycles. The van der Waals surface area contributed by atoms with Crippen LogP contribution in [0.15, 0.2) is 30.3 Å². The van der Waals surface area contributed by atoms with E-state index in [1.807, 2.05) is 30.3 Å². The summed E-state index contributed by atoms with van der Waals surface area (Å²) in [6, 6.07) is 9.55. The molecule has 0 aromatic heterocycles. The molecular weight excluding hydrogens is 296 g/mol. The fourth-order valence-electron chi connectivity index (χ4n) is 2.03. The normalized spacial score (nSPS) is 23.7. The molecule has 1 saturated carbocycles. The number of carbonyl (C=O) groups excluding carboxylic acids is 2. The molecule has 2 atom stereocenters. The maximum atomic E-state index is 11.8. The Hall–Kier alpha value is -1.16. The lowest BCUT2D eigenvalue weighted by atomic mass is 9.88. The topological polar surface area (TPSA) is 43.4 Å². The molecule has 0 bridgehead atoms. The molecule has 1 fully saturated rings. The Morgan fingerprint density at radius 1 is 1.28 bits per heavy atom. The first-order valence-corrected chi connectivity index (χ1v) is 6.95. The van der Waals surface area contributed by atoms with Gasteiger partial charge in [-0.2, -0.15) is 0 Å². The van der Waals surface area contributed by atoms with Crippen LogP contribution < -0.4 is 0 Å². The summed E-state index contributed by atoms with van der Waals surface area (Å²) in [7, 11) is 0. The van der Waals surface area contributed by atoms with Gasteiger partial charge >= 0.3 is 5.97 Å². The summed E-state index contributed by atoms with van der Waals surface area (Å²) >= 11 is 3.30. The van der Waals surface area contributed by atoms with E-state index in [-0.39, 0.29) is 29.1 Å². The molecule has 0 amide bonds. The van der Waals surface area contributed by atoms with Crippen molar-refractivity contribution in [2.75, 3.05) is 0 Å². The first-order chi connectivity index (χ1) is 8.66. The lowest BCUT2D eigenvalue weighted by Gasteiger charge is -2.22. The van der Waals surface area contributed by atoms with E-state index in [4.69, 9.17) is 4.74 Å². The van der Waals surface area contributed by atoms with Crippen LogP contribution in [0, 0.1) is 5.92 Å². The molecule has 0 radical (unpaired) electrons. The highest BCUT2D eigenvalue weighted by Gasteiger charge is 2.31. The van der Waals surface area contributed by atoms with Crippen LogP contribution in [0.1, 0.15) is 24.8 Å². The van der Waals surface area contributed by atoms with E-state index in [1.165, 1.54) is 0 Å². The minimum Gasteiger partial charge on any atom is -0.461 e. The highest BCUT2D eigenvalue weighted by Crippen LogP contribution is 2.27. The number of benzene rings is 1. The van der Waals surface area contributed by atoms with Crippen LogP contribution in [0.2, 0.25) is 0 Å². The second-order valence-corrected chi connectivity index (χ2v) is 5.61. The fraction of sp³-hybridized carbons (Fsp3) is 0.429. The van der Waals surface area contributed by atoms with Gasteiger partial charge in [-0.1, -0.05) is 46.3 Å². The quantitative estimate of drug-likeness (QED) is 0.637. The highest BCUT2D eigenvalue weighted by molar-refractivity contribution is 9.10. The zero-order chi connectivity index (χ0) is 13.0. The molecule has 2 unspecified atom stereocenters. The van der Waals surface area contributed by atoms with Crippen LogP contribution in [0.25, 0.3) is 0 Å². The molecule has 1 aliphatic carbocycles. The number of rotatable bonds is 3. The summed E-state index contributed by atoms with van der Waals surface area (Å²) in [5.41, 5.74) is 0.964. The summed E-state index contributed by atoms with van der Waals surface area (Å²) in [6.45, 7) is 0.280. The van der Waals surface area contributed by atoms with Crippen LogP contribution in [0.3, 0.4) is 0 Å². The Bertz CT molecular complexity index is 430. The minimum absolute atomic E-state index is 0.0873. The number of ketones is 1. The molecule has 96 valence electrons. The zero-order valence-corrected chi connectivity index (χ0v) is 11.6. The lowest BCUT2D eigenvalue weighted by molar-refractivity contribution is -0.152. The van der Waals surface area contributed by atoms with Crippen molar-refractivity contribution in [3.8, 4) is 0 Å². The highest BCUT2D eigenvalue weighted by atomic mass is 79.9. The predicted molar refractivity (Wildman–Crippen MR) is 71.3 cm³/mol. The van der Waals surface area contributed by atoms with Crippen molar-refractivity contribution < 1.29 is 14.3 Å². The average Bonchev–Trinajstić information content (AvgIpc) is 2.40. The third kappa shape index (κ3) is 3.42. The van der Waals surface area contributed by atoms with E-state index in [0.29, 0.717) is 12.8 Å². The van der Waals surface area contributed by atoms with Gasteiger partial charge in [0.1, 0.15) is 12.4 Å². The molecule has 1 aromatic rings. The lowest BCUT2D eigenvalue weighted by Crippen LogP contribution is -2.30. The van der Waals surface area contributed by atoms with E-state index < -0.39 is 0 Å². The maximum absolute atomic E-state index is 11.8. The maximum Gasteiger partial charge on any atom is 0.309 e. The van der Waals surface area contributed by atoms with Gasteiger partial charge in [0.25, 0.3) is 0 Å². The second-order valence-electron chi connectivity index (χ2n) is 4.51. The summed E-state index contributed by atoms with van der Waals surface area (Å²) < 4.78 is 5.24. The van der Waals surface area contributed by atoms with Gasteiger partial charge in [0.2, 0.25) is 0 Å². The summed E-state index contributed by atoms with van der Waals surface area (Å²) in [6.07, 6.45) is 1.72. The number of esters is 1. The molecule has 1 aromatic carbocycles. The molecule has 1 aliphatic rings. The van der Waals surface area contributed by atoms with E-state index >= 15 is 0 Å². The Labute approximate surface area is 115 Å². The molecule has 0 spiro atoms. The monoisotopic (exact) mass is 310 g/mol. The molecule has 3 nitrogen and oxygen atoms in total. The van der Waals surface area contributed by atoms with Crippen LogP contribution in [-0.2, 0) is 20.9 Å². The van der Waals surface area contributed by atoms with Gasteiger partial charge in [0, 0.05) is 6.42 Å². The van der Waals surface area contributed by atoms with Gasteiger partial charge < -0.3 is 4.74 Å².